The fraction of sp³-hybridized carbons (Fsp3) is 0.756. The topological polar surface area (TPSA) is 100 Å². The summed E-state index contributed by atoms with van der Waals surface area (Å²) in [5.74, 6) is 1.83. The number of Topliss-reactive ketones (excluding diaryl/α,β-unsaturated/α-hetero) is 1. The molecule has 1 aromatic heterocycles. The van der Waals surface area contributed by atoms with Crippen molar-refractivity contribution in [3.8, 4) is 0 Å². The maximum Gasteiger partial charge on any atom is 0.410 e. The first-order chi connectivity index (χ1) is 22.7. The number of nitrogens with zero attached hydrogens (tertiary/aromatic N) is 1. The Bertz CT molecular complexity index is 1460. The Morgan fingerprint density at radius 1 is 1.04 bits per heavy atom. The van der Waals surface area contributed by atoms with Crippen molar-refractivity contribution in [3.05, 3.63) is 48.0 Å². The van der Waals surface area contributed by atoms with Gasteiger partial charge in [-0.25, -0.2) is 4.79 Å². The molecule has 48 heavy (non-hydrogen) atoms. The number of rotatable bonds is 8. The van der Waals surface area contributed by atoms with Crippen molar-refractivity contribution in [1.29, 1.82) is 0 Å². The number of ketones is 1. The predicted octanol–water partition coefficient (Wildman–Crippen LogP) is 8.36. The highest BCUT2D eigenvalue weighted by Crippen LogP contribution is 2.78. The van der Waals surface area contributed by atoms with Gasteiger partial charge in [-0.3, -0.25) is 4.79 Å². The van der Waals surface area contributed by atoms with Crippen molar-refractivity contribution in [2.75, 3.05) is 13.1 Å². The third kappa shape index (κ3) is 4.79. The number of amides is 1. The van der Waals surface area contributed by atoms with Crippen molar-refractivity contribution in [1.82, 2.24) is 4.90 Å². The minimum atomic E-state index is -1.12. The van der Waals surface area contributed by atoms with E-state index in [0.29, 0.717) is 42.9 Å². The maximum atomic E-state index is 14.5. The average molecular weight is 662 g/mol. The summed E-state index contributed by atoms with van der Waals surface area (Å²) in [6.45, 7) is 14.2. The van der Waals surface area contributed by atoms with Gasteiger partial charge in [0, 0.05) is 28.4 Å². The van der Waals surface area contributed by atoms with Gasteiger partial charge in [-0.1, -0.05) is 66.2 Å². The number of hydrogen-bond acceptors (Lipinski definition) is 6. The second kappa shape index (κ2) is 11.9. The fourth-order valence-corrected chi connectivity index (χ4v) is 12.4. The van der Waals surface area contributed by atoms with Gasteiger partial charge in [0.05, 0.1) is 24.5 Å². The normalized spacial score (nSPS) is 44.5. The minimum absolute atomic E-state index is 0.0150. The smallest absolute Gasteiger partial charge is 0.410 e. The second-order valence-corrected chi connectivity index (χ2v) is 17.8. The van der Waals surface area contributed by atoms with Crippen LogP contribution in [0.1, 0.15) is 123 Å². The van der Waals surface area contributed by atoms with Gasteiger partial charge in [-0.2, -0.15) is 0 Å². The van der Waals surface area contributed by atoms with Crippen LogP contribution in [0.15, 0.2) is 46.6 Å². The first kappa shape index (κ1) is 34.1. The molecule has 0 saturated heterocycles. The summed E-state index contributed by atoms with van der Waals surface area (Å²) >= 11 is 0. The molecule has 1 heterocycles. The third-order valence-electron chi connectivity index (χ3n) is 15.1. The molecule has 4 saturated carbocycles. The summed E-state index contributed by atoms with van der Waals surface area (Å²) < 4.78 is 12.1. The lowest BCUT2D eigenvalue weighted by molar-refractivity contribution is -0.175. The number of ether oxygens (including phenoxy) is 1. The van der Waals surface area contributed by atoms with Crippen LogP contribution in [0.5, 0.6) is 0 Å². The zero-order valence-electron chi connectivity index (χ0n) is 30.2. The minimum Gasteiger partial charge on any atom is -0.461 e. The fourth-order valence-electron chi connectivity index (χ4n) is 12.4. The lowest BCUT2D eigenvalue weighted by Crippen LogP contribution is -2.67. The first-order valence-electron chi connectivity index (χ1n) is 19.1. The molecule has 7 nitrogen and oxygen atoms in total. The highest BCUT2D eigenvalue weighted by atomic mass is 16.6. The van der Waals surface area contributed by atoms with Crippen LogP contribution >= 0.6 is 0 Å². The molecular formula is C41H59NO6. The Morgan fingerprint density at radius 2 is 1.77 bits per heavy atom. The van der Waals surface area contributed by atoms with Crippen LogP contribution in [0.4, 0.5) is 4.79 Å². The molecule has 0 aliphatic heterocycles. The van der Waals surface area contributed by atoms with Crippen LogP contribution in [-0.2, 0) is 4.74 Å². The molecule has 264 valence electrons. The molecule has 2 spiro atoms. The number of allylic oxidation sites excluding steroid dienone is 4. The maximum absolute atomic E-state index is 14.5. The SMILES string of the molecule is CCCN(CC1(O)CCC2C34C=CC5(C=C3C(=O)c3ccco3)CC(O)CCC5(C)C4CCC21C)C(=O)OC1CC(C)CCC1C(C)C. The van der Waals surface area contributed by atoms with E-state index >= 15 is 0 Å². The Morgan fingerprint density at radius 3 is 2.48 bits per heavy atom. The molecule has 1 aromatic rings. The monoisotopic (exact) mass is 661 g/mol. The van der Waals surface area contributed by atoms with E-state index in [4.69, 9.17) is 9.15 Å². The van der Waals surface area contributed by atoms with Crippen molar-refractivity contribution in [3.63, 3.8) is 0 Å². The Labute approximate surface area is 287 Å². The Kier molecular flexibility index (Phi) is 8.42. The van der Waals surface area contributed by atoms with Gasteiger partial charge in [0.25, 0.3) is 0 Å². The molecule has 2 bridgehead atoms. The van der Waals surface area contributed by atoms with E-state index < -0.39 is 22.5 Å². The summed E-state index contributed by atoms with van der Waals surface area (Å²) in [4.78, 5) is 30.3. The second-order valence-electron chi connectivity index (χ2n) is 17.8. The lowest BCUT2D eigenvalue weighted by atomic mass is 9.32. The quantitative estimate of drug-likeness (QED) is 0.215. The van der Waals surface area contributed by atoms with E-state index in [-0.39, 0.29) is 47.2 Å². The van der Waals surface area contributed by atoms with Crippen molar-refractivity contribution >= 4 is 11.9 Å². The van der Waals surface area contributed by atoms with Crippen molar-refractivity contribution < 1.29 is 29.0 Å². The van der Waals surface area contributed by atoms with E-state index in [1.165, 1.54) is 6.42 Å². The Hall–Kier alpha value is -2.38. The molecule has 2 N–H and O–H groups in total. The zero-order valence-corrected chi connectivity index (χ0v) is 30.2. The third-order valence-corrected chi connectivity index (χ3v) is 15.1. The number of hydrogen-bond donors (Lipinski definition) is 2. The molecule has 1 amide bonds. The highest BCUT2D eigenvalue weighted by molar-refractivity contribution is 6.08. The zero-order chi connectivity index (χ0) is 34.3. The van der Waals surface area contributed by atoms with Crippen molar-refractivity contribution in [2.45, 2.75) is 130 Å². The summed E-state index contributed by atoms with van der Waals surface area (Å²) in [5, 5.41) is 23.8. The van der Waals surface area contributed by atoms with Crippen LogP contribution in [0, 0.1) is 51.2 Å². The average Bonchev–Trinajstić information content (AvgIpc) is 3.67. The van der Waals surface area contributed by atoms with Gasteiger partial charge < -0.3 is 24.3 Å². The number of carbonyl (C=O) groups excluding carboxylic acids is 2. The summed E-state index contributed by atoms with van der Waals surface area (Å²) in [6.07, 6.45) is 16.9. The molecule has 0 aromatic carbocycles. The Balaban J connectivity index is 1.23. The molecule has 7 aliphatic carbocycles. The van der Waals surface area contributed by atoms with Crippen LogP contribution in [-0.4, -0.2) is 57.9 Å². The number of furan rings is 1. The highest BCUT2D eigenvalue weighted by Gasteiger charge is 2.74. The number of carbonyl (C=O) groups is 2. The first-order valence-corrected chi connectivity index (χ1v) is 19.1. The van der Waals surface area contributed by atoms with Crippen LogP contribution in [0.25, 0.3) is 0 Å². The molecule has 0 radical (unpaired) electrons. The molecule has 8 rings (SSSR count). The van der Waals surface area contributed by atoms with Gasteiger partial charge >= 0.3 is 6.09 Å². The van der Waals surface area contributed by atoms with Crippen LogP contribution < -0.4 is 0 Å². The number of aliphatic hydroxyl groups excluding tert-OH is 1. The number of aliphatic hydroxyl groups is 2. The number of fused-ring (bicyclic) bond motifs is 1. The van der Waals surface area contributed by atoms with Crippen LogP contribution in [0.3, 0.4) is 0 Å². The lowest BCUT2D eigenvalue weighted by Gasteiger charge is -2.71. The standard InChI is InChI=1S/C41H59NO6/c1-7-20-42(36(45)48-32-22-27(4)10-11-29(32)26(2)3)25-40(46)17-14-34-38(40,6)16-13-33-37(5)15-12-28(43)23-39(37)18-19-41(33,34)30(24-39)35(44)31-9-8-21-47-31/h8-9,18-19,21,24,26-29,32-34,43,46H,7,10-17,20,22-23,25H2,1-6H3. The summed E-state index contributed by atoms with van der Waals surface area (Å²) in [7, 11) is 0. The van der Waals surface area contributed by atoms with Crippen LogP contribution in [0.2, 0.25) is 0 Å². The molecule has 7 heteroatoms. The van der Waals surface area contributed by atoms with Gasteiger partial charge in [0.15, 0.2) is 5.76 Å². The predicted molar refractivity (Wildman–Crippen MR) is 185 cm³/mol. The van der Waals surface area contributed by atoms with Gasteiger partial charge in [0.2, 0.25) is 5.78 Å². The van der Waals surface area contributed by atoms with Gasteiger partial charge in [0.1, 0.15) is 6.10 Å². The van der Waals surface area contributed by atoms with E-state index in [2.05, 4.69) is 59.8 Å². The summed E-state index contributed by atoms with van der Waals surface area (Å²) in [5.41, 5.74) is -1.90. The van der Waals surface area contributed by atoms with E-state index in [9.17, 15) is 19.8 Å². The molecule has 11 atom stereocenters. The van der Waals surface area contributed by atoms with E-state index in [1.54, 1.807) is 23.3 Å². The summed E-state index contributed by atoms with van der Waals surface area (Å²) in [6, 6.07) is 3.52. The van der Waals surface area contributed by atoms with Crippen molar-refractivity contribution in [2.24, 2.45) is 51.2 Å². The van der Waals surface area contributed by atoms with Gasteiger partial charge in [-0.15, -0.1) is 0 Å². The molecule has 7 aliphatic rings. The van der Waals surface area contributed by atoms with Gasteiger partial charge in [-0.05, 0) is 111 Å². The molecule has 11 unspecified atom stereocenters. The van der Waals surface area contributed by atoms with E-state index in [0.717, 1.165) is 56.9 Å². The molecule has 4 fully saturated rings. The molecular weight excluding hydrogens is 602 g/mol. The van der Waals surface area contributed by atoms with E-state index in [1.807, 2.05) is 0 Å². The largest absolute Gasteiger partial charge is 0.461 e.